The van der Waals surface area contributed by atoms with Crippen LogP contribution in [-0.4, -0.2) is 16.5 Å². The molecule has 3 nitrogen and oxygen atoms in total. The van der Waals surface area contributed by atoms with Gasteiger partial charge in [0.15, 0.2) is 5.82 Å². The van der Waals surface area contributed by atoms with Gasteiger partial charge in [0.25, 0.3) is 0 Å². The summed E-state index contributed by atoms with van der Waals surface area (Å²) in [5.41, 5.74) is 3.74. The third-order valence-corrected chi connectivity index (χ3v) is 4.93. The molecule has 0 atom stereocenters. The number of hydrogen-bond acceptors (Lipinski definition) is 4. The molecule has 100 valence electrons. The summed E-state index contributed by atoms with van der Waals surface area (Å²) in [6, 6.07) is 4.13. The maximum absolute atomic E-state index is 4.82. The lowest BCUT2D eigenvalue weighted by atomic mass is 9.97. The Morgan fingerprint density at radius 3 is 2.84 bits per heavy atom. The third-order valence-electron chi connectivity index (χ3n) is 3.31. The molecule has 2 aromatic rings. The van der Waals surface area contributed by atoms with Gasteiger partial charge in [0.1, 0.15) is 0 Å². The van der Waals surface area contributed by atoms with E-state index < -0.39 is 0 Å². The van der Waals surface area contributed by atoms with Gasteiger partial charge in [0.2, 0.25) is 0 Å². The zero-order valence-electron chi connectivity index (χ0n) is 11.0. The van der Waals surface area contributed by atoms with Crippen LogP contribution >= 0.6 is 27.3 Å². The molecule has 0 saturated carbocycles. The van der Waals surface area contributed by atoms with Crippen LogP contribution in [0.2, 0.25) is 0 Å². The van der Waals surface area contributed by atoms with Crippen molar-refractivity contribution in [1.82, 2.24) is 15.3 Å². The van der Waals surface area contributed by atoms with E-state index in [4.69, 9.17) is 9.97 Å². The number of nitrogens with zero attached hydrogens (tertiary/aromatic N) is 2. The molecule has 1 aliphatic rings. The fourth-order valence-corrected chi connectivity index (χ4v) is 3.73. The van der Waals surface area contributed by atoms with Gasteiger partial charge >= 0.3 is 0 Å². The first-order valence-electron chi connectivity index (χ1n) is 6.51. The van der Waals surface area contributed by atoms with E-state index in [1.807, 2.05) is 0 Å². The van der Waals surface area contributed by atoms with Crippen LogP contribution in [0.4, 0.5) is 0 Å². The molecule has 1 N–H and O–H groups in total. The molecule has 3 heterocycles. The molecule has 2 aromatic heterocycles. The number of halogens is 1. The molecular formula is C14H16BrN3S. The first-order chi connectivity index (χ1) is 9.15. The minimum absolute atomic E-state index is 0.442. The van der Waals surface area contributed by atoms with Crippen molar-refractivity contribution in [2.75, 3.05) is 6.54 Å². The standard InChI is InChI=1S/C14H16BrN3S/c1-8(2)13-9-5-6-16-7-10(9)17-14(18-13)11-3-4-12(15)19-11/h3-4,8,16H,5-7H2,1-2H3. The van der Waals surface area contributed by atoms with E-state index >= 15 is 0 Å². The van der Waals surface area contributed by atoms with Crippen molar-refractivity contribution in [2.24, 2.45) is 0 Å². The highest BCUT2D eigenvalue weighted by Crippen LogP contribution is 2.32. The van der Waals surface area contributed by atoms with Crippen LogP contribution in [0, 0.1) is 0 Å². The van der Waals surface area contributed by atoms with Crippen LogP contribution in [-0.2, 0) is 13.0 Å². The number of fused-ring (bicyclic) bond motifs is 1. The van der Waals surface area contributed by atoms with E-state index in [0.717, 1.165) is 34.0 Å². The molecule has 0 spiro atoms. The Morgan fingerprint density at radius 2 is 2.16 bits per heavy atom. The normalized spacial score (nSPS) is 14.7. The average molecular weight is 338 g/mol. The van der Waals surface area contributed by atoms with Crippen LogP contribution in [0.3, 0.4) is 0 Å². The average Bonchev–Trinajstić information content (AvgIpc) is 2.84. The Bertz CT molecular complexity index is 607. The van der Waals surface area contributed by atoms with Crippen LogP contribution in [0.1, 0.15) is 36.7 Å². The number of thiophene rings is 1. The van der Waals surface area contributed by atoms with Gasteiger partial charge in [-0.1, -0.05) is 13.8 Å². The Balaban J connectivity index is 2.14. The molecule has 1 aliphatic heterocycles. The van der Waals surface area contributed by atoms with Gasteiger partial charge in [0.05, 0.1) is 20.1 Å². The van der Waals surface area contributed by atoms with Gasteiger partial charge in [-0.2, -0.15) is 0 Å². The highest BCUT2D eigenvalue weighted by molar-refractivity contribution is 9.11. The maximum atomic E-state index is 4.82. The Morgan fingerprint density at radius 1 is 1.32 bits per heavy atom. The van der Waals surface area contributed by atoms with Gasteiger partial charge < -0.3 is 5.32 Å². The molecule has 5 heteroatoms. The SMILES string of the molecule is CC(C)c1nc(-c2ccc(Br)s2)nc2c1CCNC2. The predicted molar refractivity (Wildman–Crippen MR) is 82.5 cm³/mol. The lowest BCUT2D eigenvalue weighted by molar-refractivity contribution is 0.609. The zero-order valence-corrected chi connectivity index (χ0v) is 13.4. The zero-order chi connectivity index (χ0) is 13.4. The Labute approximate surface area is 125 Å². The molecule has 0 aliphatic carbocycles. The van der Waals surface area contributed by atoms with E-state index in [2.05, 4.69) is 47.2 Å². The number of aromatic nitrogens is 2. The van der Waals surface area contributed by atoms with Crippen LogP contribution in [0.15, 0.2) is 15.9 Å². The van der Waals surface area contributed by atoms with Gasteiger partial charge in [-0.05, 0) is 52.5 Å². The molecule has 0 saturated heterocycles. The smallest absolute Gasteiger partial charge is 0.170 e. The van der Waals surface area contributed by atoms with Crippen molar-refractivity contribution in [3.63, 3.8) is 0 Å². The van der Waals surface area contributed by atoms with E-state index in [9.17, 15) is 0 Å². The predicted octanol–water partition coefficient (Wildman–Crippen LogP) is 3.74. The van der Waals surface area contributed by atoms with Crippen molar-refractivity contribution in [3.05, 3.63) is 32.9 Å². The van der Waals surface area contributed by atoms with Crippen LogP contribution in [0.5, 0.6) is 0 Å². The van der Waals surface area contributed by atoms with Gasteiger partial charge in [-0.25, -0.2) is 9.97 Å². The first kappa shape index (κ1) is 13.2. The van der Waals surface area contributed by atoms with Crippen molar-refractivity contribution in [1.29, 1.82) is 0 Å². The number of hydrogen-bond donors (Lipinski definition) is 1. The van der Waals surface area contributed by atoms with E-state index in [1.165, 1.54) is 17.0 Å². The highest BCUT2D eigenvalue weighted by Gasteiger charge is 2.20. The molecule has 3 rings (SSSR count). The van der Waals surface area contributed by atoms with Crippen molar-refractivity contribution >= 4 is 27.3 Å². The van der Waals surface area contributed by atoms with Crippen LogP contribution in [0.25, 0.3) is 10.7 Å². The summed E-state index contributed by atoms with van der Waals surface area (Å²) < 4.78 is 1.12. The summed E-state index contributed by atoms with van der Waals surface area (Å²) in [5.74, 6) is 1.30. The molecule has 0 fully saturated rings. The first-order valence-corrected chi connectivity index (χ1v) is 8.12. The monoisotopic (exact) mass is 337 g/mol. The van der Waals surface area contributed by atoms with Crippen molar-refractivity contribution in [2.45, 2.75) is 32.7 Å². The second-order valence-corrected chi connectivity index (χ2v) is 7.51. The number of nitrogens with one attached hydrogen (secondary N) is 1. The fraction of sp³-hybridized carbons (Fsp3) is 0.429. The molecule has 0 amide bonds. The van der Waals surface area contributed by atoms with E-state index in [1.54, 1.807) is 11.3 Å². The Hall–Kier alpha value is -0.780. The molecule has 19 heavy (non-hydrogen) atoms. The summed E-state index contributed by atoms with van der Waals surface area (Å²) in [4.78, 5) is 10.7. The fourth-order valence-electron chi connectivity index (χ4n) is 2.41. The highest BCUT2D eigenvalue weighted by atomic mass is 79.9. The summed E-state index contributed by atoms with van der Waals surface area (Å²) in [7, 11) is 0. The van der Waals surface area contributed by atoms with Crippen molar-refractivity contribution in [3.8, 4) is 10.7 Å². The summed E-state index contributed by atoms with van der Waals surface area (Å²) in [6.07, 6.45) is 1.04. The Kier molecular flexibility index (Phi) is 3.69. The molecule has 0 bridgehead atoms. The molecular weight excluding hydrogens is 322 g/mol. The van der Waals surface area contributed by atoms with Gasteiger partial charge in [0, 0.05) is 6.54 Å². The lowest BCUT2D eigenvalue weighted by Crippen LogP contribution is -2.27. The summed E-state index contributed by atoms with van der Waals surface area (Å²) in [5, 5.41) is 3.39. The molecule has 0 aromatic carbocycles. The summed E-state index contributed by atoms with van der Waals surface area (Å²) in [6.45, 7) is 6.30. The maximum Gasteiger partial charge on any atom is 0.170 e. The minimum atomic E-state index is 0.442. The number of rotatable bonds is 2. The van der Waals surface area contributed by atoms with Crippen molar-refractivity contribution < 1.29 is 0 Å². The topological polar surface area (TPSA) is 37.8 Å². The van der Waals surface area contributed by atoms with Gasteiger partial charge in [-0.15, -0.1) is 11.3 Å². The van der Waals surface area contributed by atoms with Gasteiger partial charge in [-0.3, -0.25) is 0 Å². The minimum Gasteiger partial charge on any atom is -0.311 e. The third kappa shape index (κ3) is 2.59. The second kappa shape index (κ2) is 5.31. The van der Waals surface area contributed by atoms with Crippen LogP contribution < -0.4 is 5.32 Å². The molecule has 0 radical (unpaired) electrons. The largest absolute Gasteiger partial charge is 0.311 e. The van der Waals surface area contributed by atoms with E-state index in [-0.39, 0.29) is 0 Å². The van der Waals surface area contributed by atoms with E-state index in [0.29, 0.717) is 5.92 Å². The second-order valence-electron chi connectivity index (χ2n) is 5.04. The quantitative estimate of drug-likeness (QED) is 0.907. The lowest BCUT2D eigenvalue weighted by Gasteiger charge is -2.21. The molecule has 0 unspecified atom stereocenters. The summed E-state index contributed by atoms with van der Waals surface area (Å²) >= 11 is 5.19.